The van der Waals surface area contributed by atoms with Gasteiger partial charge in [0.05, 0.1) is 16.9 Å². The van der Waals surface area contributed by atoms with E-state index in [4.69, 9.17) is 5.73 Å². The van der Waals surface area contributed by atoms with Gasteiger partial charge in [-0.2, -0.15) is 0 Å². The zero-order valence-electron chi connectivity index (χ0n) is 8.67. The molecule has 2 N–H and O–H groups in total. The molecule has 6 nitrogen and oxygen atoms in total. The molecular formula is C11H8N2O4. The summed E-state index contributed by atoms with van der Waals surface area (Å²) in [6.45, 7) is 0. The van der Waals surface area contributed by atoms with E-state index in [-0.39, 0.29) is 17.7 Å². The van der Waals surface area contributed by atoms with E-state index in [1.54, 1.807) is 0 Å². The van der Waals surface area contributed by atoms with Crippen molar-refractivity contribution in [3.63, 3.8) is 0 Å². The summed E-state index contributed by atoms with van der Waals surface area (Å²) in [4.78, 5) is 31.0. The van der Waals surface area contributed by atoms with Gasteiger partial charge < -0.3 is 5.73 Å². The molecular weight excluding hydrogens is 224 g/mol. The van der Waals surface area contributed by atoms with E-state index in [1.807, 2.05) is 0 Å². The summed E-state index contributed by atoms with van der Waals surface area (Å²) in [6, 6.07) is 3.95. The fourth-order valence-corrected chi connectivity index (χ4v) is 1.11. The van der Waals surface area contributed by atoms with Crippen molar-refractivity contribution >= 4 is 17.9 Å². The molecule has 6 heteroatoms. The Morgan fingerprint density at radius 3 is 2.76 bits per heavy atom. The average Bonchev–Trinajstić information content (AvgIpc) is 2.28. The van der Waals surface area contributed by atoms with Gasteiger partial charge in [0.15, 0.2) is 6.29 Å². The van der Waals surface area contributed by atoms with Crippen molar-refractivity contribution in [2.45, 2.75) is 6.42 Å². The molecule has 0 spiro atoms. The van der Waals surface area contributed by atoms with Gasteiger partial charge in [-0.25, -0.2) is 0 Å². The van der Waals surface area contributed by atoms with Crippen LogP contribution in [0, 0.1) is 22.0 Å². The number of hydrogen-bond acceptors (Lipinski definition) is 4. The predicted molar refractivity (Wildman–Crippen MR) is 59.2 cm³/mol. The molecule has 1 aromatic rings. The van der Waals surface area contributed by atoms with Gasteiger partial charge in [0.25, 0.3) is 5.69 Å². The van der Waals surface area contributed by atoms with Crippen LogP contribution in [0.4, 0.5) is 5.69 Å². The molecule has 0 saturated carbocycles. The Bertz CT molecular complexity index is 540. The second-order valence-corrected chi connectivity index (χ2v) is 3.09. The number of nitrogens with zero attached hydrogens (tertiary/aromatic N) is 1. The third kappa shape index (κ3) is 3.43. The van der Waals surface area contributed by atoms with Gasteiger partial charge >= 0.3 is 0 Å². The Labute approximate surface area is 96.6 Å². The van der Waals surface area contributed by atoms with Crippen LogP contribution in [0.2, 0.25) is 0 Å². The first-order valence-electron chi connectivity index (χ1n) is 4.55. The standard InChI is InChI=1S/C11H8N2O4/c12-11(15)3-1-2-8-4-5-9(7-14)10(6-8)13(16)17/h4-7H,3H2,(H2,12,15). The van der Waals surface area contributed by atoms with Crippen LogP contribution in [0.3, 0.4) is 0 Å². The van der Waals surface area contributed by atoms with E-state index in [0.29, 0.717) is 11.8 Å². The molecule has 86 valence electrons. The predicted octanol–water partition coefficient (Wildman–Crippen LogP) is 0.634. The lowest BCUT2D eigenvalue weighted by Crippen LogP contribution is -2.08. The van der Waals surface area contributed by atoms with Gasteiger partial charge in [-0.15, -0.1) is 0 Å². The first kappa shape index (κ1) is 12.4. The van der Waals surface area contributed by atoms with Crippen LogP contribution in [0.1, 0.15) is 22.3 Å². The Morgan fingerprint density at radius 1 is 1.53 bits per heavy atom. The van der Waals surface area contributed by atoms with E-state index in [9.17, 15) is 19.7 Å². The van der Waals surface area contributed by atoms with Crippen molar-refractivity contribution < 1.29 is 14.5 Å². The maximum atomic E-state index is 10.6. The molecule has 1 amide bonds. The summed E-state index contributed by atoms with van der Waals surface area (Å²) < 4.78 is 0. The minimum absolute atomic E-state index is 0.0181. The Kier molecular flexibility index (Phi) is 3.95. The summed E-state index contributed by atoms with van der Waals surface area (Å²) in [7, 11) is 0. The third-order valence-corrected chi connectivity index (χ3v) is 1.85. The van der Waals surface area contributed by atoms with E-state index in [0.717, 1.165) is 0 Å². The minimum Gasteiger partial charge on any atom is -0.369 e. The second kappa shape index (κ2) is 5.42. The highest BCUT2D eigenvalue weighted by molar-refractivity contribution is 5.82. The largest absolute Gasteiger partial charge is 0.369 e. The van der Waals surface area contributed by atoms with Crippen molar-refractivity contribution in [2.24, 2.45) is 5.73 Å². The SMILES string of the molecule is NC(=O)CC#Cc1ccc(C=O)c([N+](=O)[O-])c1. The zero-order chi connectivity index (χ0) is 12.8. The van der Waals surface area contributed by atoms with Crippen molar-refractivity contribution in [3.8, 4) is 11.8 Å². The number of benzene rings is 1. The lowest BCUT2D eigenvalue weighted by Gasteiger charge is -1.96. The van der Waals surface area contributed by atoms with Gasteiger partial charge in [0, 0.05) is 11.6 Å². The van der Waals surface area contributed by atoms with E-state index in [2.05, 4.69) is 11.8 Å². The molecule has 0 aliphatic heterocycles. The number of aldehydes is 1. The molecule has 0 fully saturated rings. The molecule has 0 aliphatic rings. The highest BCUT2D eigenvalue weighted by Gasteiger charge is 2.12. The number of carbonyl (C=O) groups excluding carboxylic acids is 2. The summed E-state index contributed by atoms with van der Waals surface area (Å²) in [5, 5.41) is 10.6. The fourth-order valence-electron chi connectivity index (χ4n) is 1.11. The average molecular weight is 232 g/mol. The van der Waals surface area contributed by atoms with E-state index in [1.165, 1.54) is 18.2 Å². The van der Waals surface area contributed by atoms with Crippen LogP contribution in [-0.4, -0.2) is 17.1 Å². The minimum atomic E-state index is -0.664. The molecule has 0 atom stereocenters. The van der Waals surface area contributed by atoms with Gasteiger partial charge in [-0.3, -0.25) is 19.7 Å². The number of primary amides is 1. The van der Waals surface area contributed by atoms with Crippen LogP contribution in [0.5, 0.6) is 0 Å². The summed E-state index contributed by atoms with van der Waals surface area (Å²) in [5.41, 5.74) is 4.90. The van der Waals surface area contributed by atoms with Crippen LogP contribution in [-0.2, 0) is 4.79 Å². The number of nitrogens with two attached hydrogens (primary N) is 1. The lowest BCUT2D eigenvalue weighted by atomic mass is 10.1. The van der Waals surface area contributed by atoms with Gasteiger partial charge in [0.2, 0.25) is 5.91 Å². The summed E-state index contributed by atoms with van der Waals surface area (Å²) >= 11 is 0. The highest BCUT2D eigenvalue weighted by atomic mass is 16.6. The number of nitro groups is 1. The first-order valence-corrected chi connectivity index (χ1v) is 4.55. The van der Waals surface area contributed by atoms with Crippen molar-refractivity contribution in [1.29, 1.82) is 0 Å². The van der Waals surface area contributed by atoms with Crippen LogP contribution >= 0.6 is 0 Å². The Morgan fingerprint density at radius 2 is 2.24 bits per heavy atom. The molecule has 0 aliphatic carbocycles. The van der Waals surface area contributed by atoms with Gasteiger partial charge in [-0.05, 0) is 12.1 Å². The lowest BCUT2D eigenvalue weighted by molar-refractivity contribution is -0.385. The smallest absolute Gasteiger partial charge is 0.281 e. The molecule has 17 heavy (non-hydrogen) atoms. The molecule has 0 saturated heterocycles. The maximum Gasteiger partial charge on any atom is 0.281 e. The second-order valence-electron chi connectivity index (χ2n) is 3.09. The molecule has 1 rings (SSSR count). The van der Waals surface area contributed by atoms with Crippen LogP contribution < -0.4 is 5.73 Å². The van der Waals surface area contributed by atoms with Crippen LogP contribution in [0.25, 0.3) is 0 Å². The summed E-state index contributed by atoms with van der Waals surface area (Å²) in [6.07, 6.45) is 0.280. The quantitative estimate of drug-likeness (QED) is 0.357. The Hall–Kier alpha value is -2.68. The number of carbonyl (C=O) groups is 2. The topological polar surface area (TPSA) is 103 Å². The number of rotatable bonds is 3. The number of amides is 1. The first-order chi connectivity index (χ1) is 8.04. The third-order valence-electron chi connectivity index (χ3n) is 1.85. The normalized spacial score (nSPS) is 8.94. The zero-order valence-corrected chi connectivity index (χ0v) is 8.67. The molecule has 0 bridgehead atoms. The highest BCUT2D eigenvalue weighted by Crippen LogP contribution is 2.18. The fraction of sp³-hybridized carbons (Fsp3) is 0.0909. The van der Waals surface area contributed by atoms with Crippen LogP contribution in [0.15, 0.2) is 18.2 Å². The van der Waals surface area contributed by atoms with Crippen molar-refractivity contribution in [2.75, 3.05) is 0 Å². The molecule has 0 radical (unpaired) electrons. The van der Waals surface area contributed by atoms with E-state index < -0.39 is 10.8 Å². The van der Waals surface area contributed by atoms with Gasteiger partial charge in [0.1, 0.15) is 0 Å². The summed E-state index contributed by atoms with van der Waals surface area (Å²) in [5.74, 6) is 4.45. The maximum absolute atomic E-state index is 10.6. The van der Waals surface area contributed by atoms with Gasteiger partial charge in [-0.1, -0.05) is 11.8 Å². The molecule has 1 aromatic carbocycles. The molecule has 0 heterocycles. The monoisotopic (exact) mass is 232 g/mol. The Balaban J connectivity index is 3.07. The van der Waals surface area contributed by atoms with E-state index >= 15 is 0 Å². The number of hydrogen-bond donors (Lipinski definition) is 1. The molecule has 0 aromatic heterocycles. The van der Waals surface area contributed by atoms with Crippen molar-refractivity contribution in [3.05, 3.63) is 39.4 Å². The molecule has 0 unspecified atom stereocenters. The van der Waals surface area contributed by atoms with Crippen molar-refractivity contribution in [1.82, 2.24) is 0 Å². The number of nitro benzene ring substituents is 1.